The maximum absolute atomic E-state index is 6.00. The van der Waals surface area contributed by atoms with Gasteiger partial charge in [0.2, 0.25) is 11.7 Å². The number of ether oxygens (including phenoxy) is 1. The van der Waals surface area contributed by atoms with E-state index in [2.05, 4.69) is 17.1 Å². The Kier molecular flexibility index (Phi) is 4.62. The molecule has 2 rings (SSSR count). The molecule has 1 aliphatic rings. The van der Waals surface area contributed by atoms with E-state index in [1.807, 2.05) is 6.92 Å². The summed E-state index contributed by atoms with van der Waals surface area (Å²) in [5.41, 5.74) is -0.347. The molecule has 0 N–H and O–H groups in total. The molecule has 0 saturated heterocycles. The summed E-state index contributed by atoms with van der Waals surface area (Å²) < 4.78 is 11.2. The first-order valence-corrected chi connectivity index (χ1v) is 7.26. The molecule has 0 aliphatic heterocycles. The van der Waals surface area contributed by atoms with Crippen LogP contribution in [0, 0.1) is 5.92 Å². The first-order valence-electron chi connectivity index (χ1n) is 6.73. The van der Waals surface area contributed by atoms with Gasteiger partial charge < -0.3 is 9.26 Å². The zero-order chi connectivity index (χ0) is 13.0. The van der Waals surface area contributed by atoms with Crippen LogP contribution in [0.3, 0.4) is 0 Å². The highest BCUT2D eigenvalue weighted by Gasteiger charge is 2.41. The predicted octanol–water partition coefficient (Wildman–Crippen LogP) is 3.29. The predicted molar refractivity (Wildman–Crippen MR) is 69.7 cm³/mol. The highest BCUT2D eigenvalue weighted by Crippen LogP contribution is 2.41. The van der Waals surface area contributed by atoms with Gasteiger partial charge in [-0.2, -0.15) is 4.98 Å². The lowest BCUT2D eigenvalue weighted by Crippen LogP contribution is -2.36. The lowest BCUT2D eigenvalue weighted by molar-refractivity contribution is -0.0891. The van der Waals surface area contributed by atoms with E-state index >= 15 is 0 Å². The summed E-state index contributed by atoms with van der Waals surface area (Å²) >= 11 is 5.69. The molecule has 1 fully saturated rings. The molecule has 2 unspecified atom stereocenters. The van der Waals surface area contributed by atoms with E-state index in [1.165, 1.54) is 6.42 Å². The molecule has 1 heterocycles. The van der Waals surface area contributed by atoms with Gasteiger partial charge in [0.15, 0.2) is 0 Å². The molecule has 1 aromatic rings. The number of hydrogen-bond acceptors (Lipinski definition) is 4. The van der Waals surface area contributed by atoms with Crippen molar-refractivity contribution in [3.63, 3.8) is 0 Å². The average molecular weight is 273 g/mol. The maximum Gasteiger partial charge on any atom is 0.227 e. The van der Waals surface area contributed by atoms with Gasteiger partial charge in [0.1, 0.15) is 5.60 Å². The number of nitrogens with zero attached hydrogens (tertiary/aromatic N) is 2. The van der Waals surface area contributed by atoms with Crippen LogP contribution in [0.15, 0.2) is 4.52 Å². The summed E-state index contributed by atoms with van der Waals surface area (Å²) in [6, 6.07) is 0. The molecule has 1 aliphatic carbocycles. The van der Waals surface area contributed by atoms with E-state index in [1.54, 1.807) is 0 Å². The highest BCUT2D eigenvalue weighted by molar-refractivity contribution is 6.17. The third-order valence-electron chi connectivity index (χ3n) is 3.56. The van der Waals surface area contributed by atoms with Crippen molar-refractivity contribution in [2.75, 3.05) is 12.5 Å². The molecule has 0 radical (unpaired) electrons. The van der Waals surface area contributed by atoms with Crippen molar-refractivity contribution < 1.29 is 9.26 Å². The Bertz CT molecular complexity index is 379. The normalized spacial score (nSPS) is 28.5. The molecule has 5 heteroatoms. The first-order chi connectivity index (χ1) is 8.70. The fourth-order valence-corrected chi connectivity index (χ4v) is 2.96. The Morgan fingerprint density at radius 1 is 1.56 bits per heavy atom. The van der Waals surface area contributed by atoms with Gasteiger partial charge in [0, 0.05) is 18.9 Å². The van der Waals surface area contributed by atoms with Crippen LogP contribution in [-0.2, 0) is 16.8 Å². The van der Waals surface area contributed by atoms with Gasteiger partial charge in [-0.15, -0.1) is 11.6 Å². The quantitative estimate of drug-likeness (QED) is 0.772. The van der Waals surface area contributed by atoms with Gasteiger partial charge in [-0.05, 0) is 32.1 Å². The molecule has 18 heavy (non-hydrogen) atoms. The number of alkyl halides is 1. The first kappa shape index (κ1) is 13.8. The molecule has 4 nitrogen and oxygen atoms in total. The van der Waals surface area contributed by atoms with Crippen molar-refractivity contribution in [2.45, 2.75) is 51.6 Å². The van der Waals surface area contributed by atoms with E-state index in [0.29, 0.717) is 36.5 Å². The SMILES string of the molecule is CCOC1(c2noc(CCCl)n2)CCCC(C)C1. The minimum absolute atomic E-state index is 0.347. The van der Waals surface area contributed by atoms with Gasteiger partial charge in [-0.3, -0.25) is 0 Å². The lowest BCUT2D eigenvalue weighted by atomic mass is 9.78. The second-order valence-electron chi connectivity index (χ2n) is 5.08. The van der Waals surface area contributed by atoms with E-state index in [0.717, 1.165) is 19.3 Å². The van der Waals surface area contributed by atoms with Gasteiger partial charge >= 0.3 is 0 Å². The van der Waals surface area contributed by atoms with Crippen molar-refractivity contribution in [3.05, 3.63) is 11.7 Å². The maximum atomic E-state index is 6.00. The summed E-state index contributed by atoms with van der Waals surface area (Å²) in [5, 5.41) is 4.11. The molecule has 102 valence electrons. The topological polar surface area (TPSA) is 48.2 Å². The van der Waals surface area contributed by atoms with Crippen molar-refractivity contribution in [1.82, 2.24) is 10.1 Å². The van der Waals surface area contributed by atoms with Gasteiger partial charge in [-0.25, -0.2) is 0 Å². The van der Waals surface area contributed by atoms with Crippen LogP contribution in [-0.4, -0.2) is 22.6 Å². The highest BCUT2D eigenvalue weighted by atomic mass is 35.5. The number of hydrogen-bond donors (Lipinski definition) is 0. The molecule has 1 aromatic heterocycles. The van der Waals surface area contributed by atoms with E-state index < -0.39 is 0 Å². The van der Waals surface area contributed by atoms with Crippen LogP contribution < -0.4 is 0 Å². The zero-order valence-electron chi connectivity index (χ0n) is 11.1. The number of rotatable bonds is 5. The largest absolute Gasteiger partial charge is 0.367 e. The second kappa shape index (κ2) is 6.02. The van der Waals surface area contributed by atoms with Crippen molar-refractivity contribution in [2.24, 2.45) is 5.92 Å². The minimum Gasteiger partial charge on any atom is -0.367 e. The fourth-order valence-electron chi connectivity index (χ4n) is 2.80. The summed E-state index contributed by atoms with van der Waals surface area (Å²) in [4.78, 5) is 4.46. The number of aryl methyl sites for hydroxylation is 1. The molecule has 0 aromatic carbocycles. The summed E-state index contributed by atoms with van der Waals surface area (Å²) in [5.74, 6) is 2.45. The minimum atomic E-state index is -0.347. The van der Waals surface area contributed by atoms with E-state index in [9.17, 15) is 0 Å². The Labute approximate surface area is 113 Å². The fraction of sp³-hybridized carbons (Fsp3) is 0.846. The van der Waals surface area contributed by atoms with Crippen LogP contribution >= 0.6 is 11.6 Å². The van der Waals surface area contributed by atoms with Crippen molar-refractivity contribution >= 4 is 11.6 Å². The molecule has 2 atom stereocenters. The van der Waals surface area contributed by atoms with Crippen LogP contribution in [0.2, 0.25) is 0 Å². The van der Waals surface area contributed by atoms with Gasteiger partial charge in [0.25, 0.3) is 0 Å². The summed E-state index contributed by atoms with van der Waals surface area (Å²) in [6.45, 7) is 4.94. The average Bonchev–Trinajstić information content (AvgIpc) is 2.79. The Morgan fingerprint density at radius 3 is 3.06 bits per heavy atom. The van der Waals surface area contributed by atoms with Crippen LogP contribution in [0.25, 0.3) is 0 Å². The number of halogens is 1. The Balaban J connectivity index is 2.21. The molecule has 0 bridgehead atoms. The summed E-state index contributed by atoms with van der Waals surface area (Å²) in [6.07, 6.45) is 4.97. The molecular weight excluding hydrogens is 252 g/mol. The molecule has 0 spiro atoms. The van der Waals surface area contributed by atoms with E-state index in [4.69, 9.17) is 20.9 Å². The molecule has 0 amide bonds. The van der Waals surface area contributed by atoms with Crippen LogP contribution in [0.1, 0.15) is 51.2 Å². The van der Waals surface area contributed by atoms with E-state index in [-0.39, 0.29) is 5.60 Å². The lowest BCUT2D eigenvalue weighted by Gasteiger charge is -2.37. The third-order valence-corrected chi connectivity index (χ3v) is 3.75. The van der Waals surface area contributed by atoms with Crippen molar-refractivity contribution in [1.29, 1.82) is 0 Å². The second-order valence-corrected chi connectivity index (χ2v) is 5.46. The Hall–Kier alpha value is -0.610. The van der Waals surface area contributed by atoms with Crippen LogP contribution in [0.5, 0.6) is 0 Å². The molecular formula is C13H21ClN2O2. The van der Waals surface area contributed by atoms with Crippen LogP contribution in [0.4, 0.5) is 0 Å². The smallest absolute Gasteiger partial charge is 0.227 e. The van der Waals surface area contributed by atoms with Gasteiger partial charge in [-0.1, -0.05) is 18.5 Å². The summed E-state index contributed by atoms with van der Waals surface area (Å²) in [7, 11) is 0. The zero-order valence-corrected chi connectivity index (χ0v) is 11.9. The monoisotopic (exact) mass is 272 g/mol. The standard InChI is InChI=1S/C13H21ClN2O2/c1-3-17-13(7-4-5-10(2)9-13)12-15-11(6-8-14)18-16-12/h10H,3-9H2,1-2H3. The van der Waals surface area contributed by atoms with Crippen molar-refractivity contribution in [3.8, 4) is 0 Å². The Morgan fingerprint density at radius 2 is 2.39 bits per heavy atom. The molecule has 1 saturated carbocycles. The number of aromatic nitrogens is 2. The third kappa shape index (κ3) is 2.86. The van der Waals surface area contributed by atoms with Gasteiger partial charge in [0.05, 0.1) is 0 Å².